The molecule has 30 heavy (non-hydrogen) atoms. The summed E-state index contributed by atoms with van der Waals surface area (Å²) in [7, 11) is 0. The van der Waals surface area contributed by atoms with E-state index in [1.807, 2.05) is 19.1 Å². The maximum absolute atomic E-state index is 13.0. The molecule has 1 aliphatic rings. The van der Waals surface area contributed by atoms with Crippen LogP contribution in [0.3, 0.4) is 0 Å². The molecule has 1 atom stereocenters. The summed E-state index contributed by atoms with van der Waals surface area (Å²) in [6, 6.07) is 12.2. The zero-order valence-corrected chi connectivity index (χ0v) is 18.2. The number of aryl methyl sites for hydroxylation is 2. The standard InChI is InChI=1S/C23H27ClN4O2/c1-16-7-9-18(10-8-16)15-28-22(24)21(17(2)26-28)23(29)25-14-19(20-6-5-13-30-20)27-11-3-4-12-27/h5-10,13,19H,3-4,11-12,14-15H2,1-2H3,(H,25,29)/p+1/t19-/m0/s1. The first-order chi connectivity index (χ1) is 14.5. The van der Waals surface area contributed by atoms with Crippen molar-refractivity contribution in [1.29, 1.82) is 0 Å². The first-order valence-corrected chi connectivity index (χ1v) is 10.9. The lowest BCUT2D eigenvalue weighted by atomic mass is 10.1. The van der Waals surface area contributed by atoms with Crippen molar-refractivity contribution in [3.63, 3.8) is 0 Å². The number of aromatic nitrogens is 2. The van der Waals surface area contributed by atoms with E-state index in [4.69, 9.17) is 16.0 Å². The number of furan rings is 1. The molecular weight excluding hydrogens is 400 g/mol. The van der Waals surface area contributed by atoms with Crippen molar-refractivity contribution in [2.24, 2.45) is 0 Å². The Labute approximate surface area is 181 Å². The second kappa shape index (κ2) is 9.06. The fraction of sp³-hybridized carbons (Fsp3) is 0.391. The fourth-order valence-electron chi connectivity index (χ4n) is 4.18. The highest BCUT2D eigenvalue weighted by Crippen LogP contribution is 2.21. The van der Waals surface area contributed by atoms with E-state index in [0.29, 0.717) is 29.5 Å². The van der Waals surface area contributed by atoms with Gasteiger partial charge in [0.05, 0.1) is 43.7 Å². The summed E-state index contributed by atoms with van der Waals surface area (Å²) in [6.45, 7) is 7.09. The quantitative estimate of drug-likeness (QED) is 0.609. The van der Waals surface area contributed by atoms with Crippen molar-refractivity contribution in [3.8, 4) is 0 Å². The smallest absolute Gasteiger partial charge is 0.256 e. The van der Waals surface area contributed by atoms with Crippen LogP contribution in [0.1, 0.15) is 51.8 Å². The van der Waals surface area contributed by atoms with Gasteiger partial charge in [-0.15, -0.1) is 0 Å². The topological polar surface area (TPSA) is 64.5 Å². The molecule has 0 radical (unpaired) electrons. The Kier molecular flexibility index (Phi) is 6.25. The average Bonchev–Trinajstić information content (AvgIpc) is 3.48. The van der Waals surface area contributed by atoms with Gasteiger partial charge in [-0.1, -0.05) is 41.4 Å². The SMILES string of the molecule is Cc1ccc(Cn2nc(C)c(C(=O)NC[C@@H](c3ccco3)[NH+]3CCCC3)c2Cl)cc1. The van der Waals surface area contributed by atoms with Crippen LogP contribution in [-0.2, 0) is 6.54 Å². The van der Waals surface area contributed by atoms with Crippen LogP contribution in [0.4, 0.5) is 0 Å². The van der Waals surface area contributed by atoms with E-state index in [9.17, 15) is 4.79 Å². The van der Waals surface area contributed by atoms with E-state index in [-0.39, 0.29) is 11.9 Å². The van der Waals surface area contributed by atoms with Gasteiger partial charge in [-0.05, 0) is 31.5 Å². The minimum atomic E-state index is -0.192. The molecule has 1 aromatic carbocycles. The molecule has 0 unspecified atom stereocenters. The molecule has 6 nitrogen and oxygen atoms in total. The van der Waals surface area contributed by atoms with Crippen molar-refractivity contribution in [3.05, 3.63) is 76.0 Å². The summed E-state index contributed by atoms with van der Waals surface area (Å²) in [5, 5.41) is 7.95. The summed E-state index contributed by atoms with van der Waals surface area (Å²) in [4.78, 5) is 14.4. The maximum atomic E-state index is 13.0. The molecule has 0 aliphatic carbocycles. The van der Waals surface area contributed by atoms with Crippen LogP contribution in [0.15, 0.2) is 47.1 Å². The number of hydrogen-bond donors (Lipinski definition) is 2. The molecular formula is C23H28ClN4O2+. The lowest BCUT2D eigenvalue weighted by Crippen LogP contribution is -3.11. The number of nitrogens with one attached hydrogen (secondary N) is 2. The van der Waals surface area contributed by atoms with Gasteiger partial charge in [-0.25, -0.2) is 4.68 Å². The number of carbonyl (C=O) groups excluding carboxylic acids is 1. The van der Waals surface area contributed by atoms with Crippen molar-refractivity contribution in [1.82, 2.24) is 15.1 Å². The van der Waals surface area contributed by atoms with Crippen LogP contribution in [0.25, 0.3) is 0 Å². The monoisotopic (exact) mass is 427 g/mol. The van der Waals surface area contributed by atoms with Crippen LogP contribution in [0, 0.1) is 13.8 Å². The first kappa shape index (κ1) is 20.7. The molecule has 3 heterocycles. The third kappa shape index (κ3) is 4.45. The molecule has 2 N–H and O–H groups in total. The molecule has 1 amide bonds. The van der Waals surface area contributed by atoms with Crippen LogP contribution in [0.2, 0.25) is 5.15 Å². The Morgan fingerprint density at radius 3 is 2.63 bits per heavy atom. The minimum Gasteiger partial charge on any atom is -0.463 e. The van der Waals surface area contributed by atoms with E-state index in [2.05, 4.69) is 41.6 Å². The van der Waals surface area contributed by atoms with E-state index >= 15 is 0 Å². The number of carbonyl (C=O) groups is 1. The highest BCUT2D eigenvalue weighted by Gasteiger charge is 2.30. The van der Waals surface area contributed by atoms with Gasteiger partial charge in [0.15, 0.2) is 11.8 Å². The van der Waals surface area contributed by atoms with Gasteiger partial charge in [0, 0.05) is 12.8 Å². The average molecular weight is 428 g/mol. The van der Waals surface area contributed by atoms with Crippen LogP contribution < -0.4 is 10.2 Å². The number of likely N-dealkylation sites (tertiary alicyclic amines) is 1. The minimum absolute atomic E-state index is 0.105. The molecule has 3 aromatic rings. The number of hydrogen-bond acceptors (Lipinski definition) is 3. The highest BCUT2D eigenvalue weighted by atomic mass is 35.5. The third-order valence-electron chi connectivity index (χ3n) is 5.84. The van der Waals surface area contributed by atoms with Gasteiger partial charge in [-0.2, -0.15) is 5.10 Å². The number of nitrogens with zero attached hydrogens (tertiary/aromatic N) is 2. The molecule has 0 spiro atoms. The summed E-state index contributed by atoms with van der Waals surface area (Å²) in [5.74, 6) is 0.716. The number of quaternary nitrogens is 1. The molecule has 0 bridgehead atoms. The van der Waals surface area contributed by atoms with Gasteiger partial charge in [-0.3, -0.25) is 4.79 Å². The zero-order chi connectivity index (χ0) is 21.1. The predicted octanol–water partition coefficient (Wildman–Crippen LogP) is 2.94. The van der Waals surface area contributed by atoms with E-state index in [1.165, 1.54) is 23.3 Å². The van der Waals surface area contributed by atoms with Crippen molar-refractivity contribution in [2.75, 3.05) is 19.6 Å². The van der Waals surface area contributed by atoms with Gasteiger partial charge < -0.3 is 14.6 Å². The van der Waals surface area contributed by atoms with Gasteiger partial charge in [0.25, 0.3) is 5.91 Å². The van der Waals surface area contributed by atoms with Gasteiger partial charge in [0.2, 0.25) is 0 Å². The summed E-state index contributed by atoms with van der Waals surface area (Å²) in [6.07, 6.45) is 4.10. The Balaban J connectivity index is 1.47. The molecule has 4 rings (SSSR count). The van der Waals surface area contributed by atoms with Crippen molar-refractivity contribution in [2.45, 2.75) is 39.3 Å². The molecule has 1 saturated heterocycles. The van der Waals surface area contributed by atoms with Crippen LogP contribution in [0.5, 0.6) is 0 Å². The maximum Gasteiger partial charge on any atom is 0.256 e. The summed E-state index contributed by atoms with van der Waals surface area (Å²) < 4.78 is 7.34. The van der Waals surface area contributed by atoms with E-state index in [1.54, 1.807) is 10.9 Å². The van der Waals surface area contributed by atoms with E-state index < -0.39 is 0 Å². The molecule has 1 aliphatic heterocycles. The highest BCUT2D eigenvalue weighted by molar-refractivity contribution is 6.33. The Bertz CT molecular complexity index is 989. The zero-order valence-electron chi connectivity index (χ0n) is 17.5. The predicted molar refractivity (Wildman–Crippen MR) is 116 cm³/mol. The molecule has 7 heteroatoms. The van der Waals surface area contributed by atoms with Crippen molar-refractivity contribution >= 4 is 17.5 Å². The molecule has 158 valence electrons. The van der Waals surface area contributed by atoms with Crippen LogP contribution >= 0.6 is 11.6 Å². The normalized spacial score (nSPS) is 15.4. The number of halogens is 1. The number of amides is 1. The second-order valence-electron chi connectivity index (χ2n) is 8.04. The van der Waals surface area contributed by atoms with E-state index in [0.717, 1.165) is 24.4 Å². The third-order valence-corrected chi connectivity index (χ3v) is 6.22. The Morgan fingerprint density at radius 1 is 1.23 bits per heavy atom. The number of benzene rings is 1. The van der Waals surface area contributed by atoms with Crippen molar-refractivity contribution < 1.29 is 14.1 Å². The number of rotatable bonds is 7. The molecule has 0 saturated carbocycles. The lowest BCUT2D eigenvalue weighted by molar-refractivity contribution is -0.919. The van der Waals surface area contributed by atoms with Gasteiger partial charge in [0.1, 0.15) is 5.15 Å². The first-order valence-electron chi connectivity index (χ1n) is 10.5. The fourth-order valence-corrected chi connectivity index (χ4v) is 4.50. The Hall–Kier alpha value is -2.57. The Morgan fingerprint density at radius 2 is 1.97 bits per heavy atom. The van der Waals surface area contributed by atoms with Gasteiger partial charge >= 0.3 is 0 Å². The molecule has 2 aromatic heterocycles. The molecule has 1 fully saturated rings. The summed E-state index contributed by atoms with van der Waals surface area (Å²) >= 11 is 6.56. The lowest BCUT2D eigenvalue weighted by Gasteiger charge is -2.23. The summed E-state index contributed by atoms with van der Waals surface area (Å²) in [5.41, 5.74) is 3.37. The van der Waals surface area contributed by atoms with Crippen LogP contribution in [-0.4, -0.2) is 35.3 Å². The second-order valence-corrected chi connectivity index (χ2v) is 8.40. The largest absolute Gasteiger partial charge is 0.463 e.